The lowest BCUT2D eigenvalue weighted by molar-refractivity contribution is -0.145. The quantitative estimate of drug-likeness (QED) is 0.615. The number of hydrogen-bond acceptors (Lipinski definition) is 6. The Morgan fingerprint density at radius 2 is 1.71 bits per heavy atom. The fourth-order valence-corrected chi connectivity index (χ4v) is 4.81. The summed E-state index contributed by atoms with van der Waals surface area (Å²) in [7, 11) is 1.60. The van der Waals surface area contributed by atoms with Crippen molar-refractivity contribution in [2.24, 2.45) is 11.8 Å². The molecule has 2 aliphatic rings. The molecule has 0 saturated carbocycles. The summed E-state index contributed by atoms with van der Waals surface area (Å²) < 4.78 is 16.3. The van der Waals surface area contributed by atoms with Gasteiger partial charge in [-0.15, -0.1) is 0 Å². The molecule has 0 spiro atoms. The second-order valence-corrected chi connectivity index (χ2v) is 9.35. The van der Waals surface area contributed by atoms with E-state index in [9.17, 15) is 14.7 Å². The first kappa shape index (κ1) is 23.9. The van der Waals surface area contributed by atoms with Crippen LogP contribution in [0.15, 0.2) is 42.5 Å². The second-order valence-electron chi connectivity index (χ2n) is 9.35. The number of methoxy groups -OCH3 is 1. The van der Waals surface area contributed by atoms with Crippen LogP contribution in [0.3, 0.4) is 0 Å². The van der Waals surface area contributed by atoms with Crippen LogP contribution >= 0.6 is 0 Å². The third kappa shape index (κ3) is 5.28. The minimum absolute atomic E-state index is 0.0552. The van der Waals surface area contributed by atoms with Gasteiger partial charge in [0.2, 0.25) is 12.7 Å². The Morgan fingerprint density at radius 1 is 1.06 bits per heavy atom. The summed E-state index contributed by atoms with van der Waals surface area (Å²) >= 11 is 0. The molecule has 2 aromatic carbocycles. The van der Waals surface area contributed by atoms with Crippen molar-refractivity contribution in [1.82, 2.24) is 10.2 Å². The summed E-state index contributed by atoms with van der Waals surface area (Å²) in [4.78, 5) is 27.3. The molecule has 0 bridgehead atoms. The summed E-state index contributed by atoms with van der Waals surface area (Å²) in [5, 5.41) is 13.3. The number of carboxylic acid groups (broad SMARTS) is 1. The summed E-state index contributed by atoms with van der Waals surface area (Å²) in [6, 6.07) is 13.1. The van der Waals surface area contributed by atoms with Crippen LogP contribution in [0.4, 0.5) is 0 Å². The van der Waals surface area contributed by atoms with Crippen molar-refractivity contribution in [2.75, 3.05) is 40.1 Å². The van der Waals surface area contributed by atoms with Crippen molar-refractivity contribution in [1.29, 1.82) is 0 Å². The van der Waals surface area contributed by atoms with E-state index in [0.29, 0.717) is 42.8 Å². The topological polar surface area (TPSA) is 97.3 Å². The molecule has 34 heavy (non-hydrogen) atoms. The fraction of sp³-hybridized carbons (Fsp3) is 0.462. The van der Waals surface area contributed by atoms with Gasteiger partial charge in [0.25, 0.3) is 0 Å². The minimum atomic E-state index is -0.854. The fourth-order valence-electron chi connectivity index (χ4n) is 4.81. The van der Waals surface area contributed by atoms with E-state index in [1.54, 1.807) is 7.11 Å². The SMILES string of the molecule is COc1ccc([C@H]2CN(CC(=O)NCC(C)C)C[C@H](c3ccc4c(c3)OCO4)[C@@H]2C(=O)O)cc1. The van der Waals surface area contributed by atoms with Gasteiger partial charge in [0.1, 0.15) is 5.75 Å². The molecule has 1 amide bonds. The lowest BCUT2D eigenvalue weighted by Gasteiger charge is -2.42. The van der Waals surface area contributed by atoms with Crippen LogP contribution in [0.5, 0.6) is 17.2 Å². The largest absolute Gasteiger partial charge is 0.497 e. The number of amides is 1. The van der Waals surface area contributed by atoms with Crippen LogP contribution in [0.25, 0.3) is 0 Å². The van der Waals surface area contributed by atoms with Gasteiger partial charge in [-0.25, -0.2) is 0 Å². The molecule has 1 saturated heterocycles. The average Bonchev–Trinajstić information content (AvgIpc) is 3.30. The van der Waals surface area contributed by atoms with Gasteiger partial charge in [-0.2, -0.15) is 0 Å². The molecule has 0 unspecified atom stereocenters. The number of carbonyl (C=O) groups is 2. The van der Waals surface area contributed by atoms with Crippen LogP contribution < -0.4 is 19.5 Å². The standard InChI is InChI=1S/C26H32N2O6/c1-16(2)11-27-24(29)14-28-12-20(17-4-7-19(32-3)8-5-17)25(26(30)31)21(13-28)18-6-9-22-23(10-18)34-15-33-22/h4-10,16,20-21,25H,11-15H2,1-3H3,(H,27,29)(H,30,31)/t20-,21-,25-/m1/s1. The molecular formula is C26H32N2O6. The van der Waals surface area contributed by atoms with Crippen molar-refractivity contribution < 1.29 is 28.9 Å². The lowest BCUT2D eigenvalue weighted by atomic mass is 9.71. The number of carbonyl (C=O) groups excluding carboxylic acids is 1. The number of hydrogen-bond donors (Lipinski definition) is 2. The molecule has 2 aliphatic heterocycles. The Labute approximate surface area is 199 Å². The zero-order valence-corrected chi connectivity index (χ0v) is 19.8. The maximum atomic E-state index is 12.6. The van der Waals surface area contributed by atoms with Crippen LogP contribution in [-0.2, 0) is 9.59 Å². The predicted molar refractivity (Wildman–Crippen MR) is 126 cm³/mol. The van der Waals surface area contributed by atoms with Gasteiger partial charge >= 0.3 is 5.97 Å². The Morgan fingerprint density at radius 3 is 2.35 bits per heavy atom. The molecule has 8 nitrogen and oxygen atoms in total. The Hall–Kier alpha value is -3.26. The Balaban J connectivity index is 1.66. The zero-order chi connectivity index (χ0) is 24.2. The van der Waals surface area contributed by atoms with Crippen molar-refractivity contribution in [3.63, 3.8) is 0 Å². The van der Waals surface area contributed by atoms with Crippen molar-refractivity contribution in [3.8, 4) is 17.2 Å². The highest BCUT2D eigenvalue weighted by Gasteiger charge is 2.43. The average molecular weight is 469 g/mol. The van der Waals surface area contributed by atoms with Gasteiger partial charge in [0.05, 0.1) is 19.6 Å². The van der Waals surface area contributed by atoms with E-state index in [0.717, 1.165) is 11.1 Å². The van der Waals surface area contributed by atoms with Crippen molar-refractivity contribution in [3.05, 3.63) is 53.6 Å². The molecule has 2 heterocycles. The van der Waals surface area contributed by atoms with Crippen molar-refractivity contribution >= 4 is 11.9 Å². The molecule has 1 fully saturated rings. The third-order valence-electron chi connectivity index (χ3n) is 6.51. The van der Waals surface area contributed by atoms with Crippen LogP contribution in [0.1, 0.15) is 36.8 Å². The summed E-state index contributed by atoms with van der Waals surface area (Å²) in [5.41, 5.74) is 1.77. The van der Waals surface area contributed by atoms with E-state index in [1.807, 2.05) is 56.3 Å². The number of ether oxygens (including phenoxy) is 3. The number of nitrogens with one attached hydrogen (secondary N) is 1. The van der Waals surface area contributed by atoms with E-state index < -0.39 is 11.9 Å². The number of rotatable bonds is 8. The summed E-state index contributed by atoms with van der Waals surface area (Å²) in [5.74, 6) is 0.143. The number of likely N-dealkylation sites (tertiary alicyclic amines) is 1. The van der Waals surface area contributed by atoms with Gasteiger partial charge in [-0.1, -0.05) is 32.0 Å². The van der Waals surface area contributed by atoms with Gasteiger partial charge in [-0.05, 0) is 41.3 Å². The van der Waals surface area contributed by atoms with Crippen molar-refractivity contribution in [2.45, 2.75) is 25.7 Å². The minimum Gasteiger partial charge on any atom is -0.497 e. The zero-order valence-electron chi connectivity index (χ0n) is 19.8. The monoisotopic (exact) mass is 468 g/mol. The number of benzene rings is 2. The van der Waals surface area contributed by atoms with Gasteiger partial charge in [0, 0.05) is 31.5 Å². The number of piperidine rings is 1. The molecule has 182 valence electrons. The lowest BCUT2D eigenvalue weighted by Crippen LogP contribution is -2.50. The summed E-state index contributed by atoms with van der Waals surface area (Å²) in [6.45, 7) is 6.01. The highest BCUT2D eigenvalue weighted by Crippen LogP contribution is 2.44. The van der Waals surface area contributed by atoms with E-state index in [-0.39, 0.29) is 31.1 Å². The van der Waals surface area contributed by atoms with Crippen LogP contribution in [0, 0.1) is 11.8 Å². The Kier molecular flexibility index (Phi) is 7.26. The molecular weight excluding hydrogens is 436 g/mol. The maximum absolute atomic E-state index is 12.6. The second kappa shape index (κ2) is 10.3. The molecule has 8 heteroatoms. The van der Waals surface area contributed by atoms with Crippen LogP contribution in [-0.4, -0.2) is 62.0 Å². The number of carboxylic acids is 1. The smallest absolute Gasteiger partial charge is 0.307 e. The van der Waals surface area contributed by atoms with Crippen LogP contribution in [0.2, 0.25) is 0 Å². The highest BCUT2D eigenvalue weighted by atomic mass is 16.7. The molecule has 0 radical (unpaired) electrons. The first-order valence-corrected chi connectivity index (χ1v) is 11.6. The van der Waals surface area contributed by atoms with E-state index >= 15 is 0 Å². The van der Waals surface area contributed by atoms with Gasteiger partial charge in [0.15, 0.2) is 11.5 Å². The predicted octanol–water partition coefficient (Wildman–Crippen LogP) is 3.08. The first-order chi connectivity index (χ1) is 16.4. The third-order valence-corrected chi connectivity index (χ3v) is 6.51. The van der Waals surface area contributed by atoms with E-state index in [2.05, 4.69) is 10.2 Å². The Bertz CT molecular complexity index is 1020. The van der Waals surface area contributed by atoms with E-state index in [4.69, 9.17) is 14.2 Å². The molecule has 4 rings (SSSR count). The van der Waals surface area contributed by atoms with Gasteiger partial charge < -0.3 is 24.6 Å². The normalized spacial score (nSPS) is 21.9. The summed E-state index contributed by atoms with van der Waals surface area (Å²) in [6.07, 6.45) is 0. The number of aliphatic carboxylic acids is 1. The maximum Gasteiger partial charge on any atom is 0.307 e. The molecule has 3 atom stereocenters. The first-order valence-electron chi connectivity index (χ1n) is 11.6. The number of fused-ring (bicyclic) bond motifs is 1. The highest BCUT2D eigenvalue weighted by molar-refractivity contribution is 5.78. The number of nitrogens with zero attached hydrogens (tertiary/aromatic N) is 1. The van der Waals surface area contributed by atoms with E-state index in [1.165, 1.54) is 0 Å². The molecule has 0 aromatic heterocycles. The molecule has 2 N–H and O–H groups in total. The molecule has 2 aromatic rings. The molecule has 0 aliphatic carbocycles. The van der Waals surface area contributed by atoms with Gasteiger partial charge in [-0.3, -0.25) is 14.5 Å².